The molecule has 0 aromatic heterocycles. The van der Waals surface area contributed by atoms with E-state index in [4.69, 9.17) is 0 Å². The average Bonchev–Trinajstić information content (AvgIpc) is 2.23. The van der Waals surface area contributed by atoms with E-state index in [9.17, 15) is 4.79 Å². The van der Waals surface area contributed by atoms with E-state index in [0.717, 1.165) is 25.7 Å². The minimum absolute atomic E-state index is 0. The summed E-state index contributed by atoms with van der Waals surface area (Å²) in [5, 5.41) is 0. The topological polar surface area (TPSA) is 20.3 Å². The van der Waals surface area contributed by atoms with Gasteiger partial charge < -0.3 is 11.8 Å². The van der Waals surface area contributed by atoms with Crippen molar-refractivity contribution in [3.05, 3.63) is 6.92 Å². The first-order chi connectivity index (χ1) is 7.29. The van der Waals surface area contributed by atoms with Crippen LogP contribution in [0, 0.1) is 18.8 Å². The van der Waals surface area contributed by atoms with Gasteiger partial charge >= 0.3 is 0 Å². The number of hydrogen-bond donors (Lipinski definition) is 0. The fourth-order valence-corrected chi connectivity index (χ4v) is 1.75. The molecule has 0 saturated carbocycles. The van der Waals surface area contributed by atoms with Gasteiger partial charge in [0.15, 0.2) is 0 Å². The monoisotopic (exact) mass is 295 g/mol. The molecule has 1 radical (unpaired) electrons. The number of rotatable bonds is 5. The number of amides is 1. The van der Waals surface area contributed by atoms with Gasteiger partial charge in [0.1, 0.15) is 0 Å². The van der Waals surface area contributed by atoms with Crippen LogP contribution in [0.2, 0.25) is 0 Å². The Labute approximate surface area is 124 Å². The van der Waals surface area contributed by atoms with Crippen LogP contribution in [0.25, 0.3) is 0 Å². The van der Waals surface area contributed by atoms with Crippen molar-refractivity contribution in [1.82, 2.24) is 4.90 Å². The summed E-state index contributed by atoms with van der Waals surface area (Å²) in [6.07, 6.45) is 5.96. The third-order valence-corrected chi connectivity index (χ3v) is 2.74. The van der Waals surface area contributed by atoms with Crippen LogP contribution in [-0.2, 0) is 37.5 Å². The zero-order valence-electron chi connectivity index (χ0n) is 10.2. The molecule has 1 rings (SSSR count). The molecule has 1 aliphatic heterocycles. The van der Waals surface area contributed by atoms with Crippen molar-refractivity contribution < 1.29 is 37.5 Å². The fourth-order valence-electron chi connectivity index (χ4n) is 1.75. The molecule has 1 atom stereocenters. The predicted octanol–water partition coefficient (Wildman–Crippen LogP) is 2.39. The molecule has 1 aliphatic rings. The van der Waals surface area contributed by atoms with Gasteiger partial charge in [-0.15, -0.1) is 5.92 Å². The van der Waals surface area contributed by atoms with Crippen LogP contribution in [0.4, 0.5) is 0 Å². The molecule has 1 heterocycles. The predicted molar refractivity (Wildman–Crippen MR) is 62.0 cm³/mol. The Morgan fingerprint density at radius 3 is 2.81 bits per heavy atom. The molecule has 0 aromatic carbocycles. The maximum Gasteiger partial charge on any atom is 0.225 e. The smallest absolute Gasteiger partial charge is 0.225 e. The van der Waals surface area contributed by atoms with E-state index in [-0.39, 0.29) is 38.6 Å². The zero-order valence-corrected chi connectivity index (χ0v) is 13.0. The SMILES string of the molecule is [CH2-]CCC#CCN1C(=O)CC1CCCC.[Y]. The van der Waals surface area contributed by atoms with Crippen molar-refractivity contribution in [2.24, 2.45) is 0 Å². The van der Waals surface area contributed by atoms with Crippen molar-refractivity contribution in [3.63, 3.8) is 0 Å². The third kappa shape index (κ3) is 4.98. The summed E-state index contributed by atoms with van der Waals surface area (Å²) >= 11 is 0. The maximum absolute atomic E-state index is 11.3. The Hall–Kier alpha value is 0.134. The molecule has 1 fully saturated rings. The minimum Gasteiger partial charge on any atom is -0.342 e. The van der Waals surface area contributed by atoms with E-state index in [0.29, 0.717) is 12.6 Å². The molecule has 0 aliphatic carbocycles. The van der Waals surface area contributed by atoms with Crippen molar-refractivity contribution in [2.75, 3.05) is 6.54 Å². The Morgan fingerprint density at radius 1 is 1.50 bits per heavy atom. The van der Waals surface area contributed by atoms with Crippen LogP contribution in [-0.4, -0.2) is 23.4 Å². The van der Waals surface area contributed by atoms with Gasteiger partial charge in [-0.25, -0.2) is 0 Å². The maximum atomic E-state index is 11.3. The number of unbranched alkanes of at least 4 members (excludes halogenated alkanes) is 2. The van der Waals surface area contributed by atoms with Gasteiger partial charge in [0.05, 0.1) is 6.54 Å². The van der Waals surface area contributed by atoms with Crippen molar-refractivity contribution in [1.29, 1.82) is 0 Å². The second kappa shape index (κ2) is 9.19. The van der Waals surface area contributed by atoms with Crippen LogP contribution < -0.4 is 0 Å². The minimum atomic E-state index is 0. The molecular weight excluding hydrogens is 275 g/mol. The number of β-lactam (4-membered cyclic amide) rings is 1. The molecule has 2 nitrogen and oxygen atoms in total. The van der Waals surface area contributed by atoms with E-state index in [1.807, 2.05) is 4.90 Å². The summed E-state index contributed by atoms with van der Waals surface area (Å²) in [5.41, 5.74) is 0. The average molecular weight is 295 g/mol. The Kier molecular flexibility index (Phi) is 9.27. The number of carbonyl (C=O) groups excluding carboxylic acids is 1. The Balaban J connectivity index is 0.00000225. The normalized spacial score (nSPS) is 18.2. The van der Waals surface area contributed by atoms with Crippen molar-refractivity contribution in [2.45, 2.75) is 51.5 Å². The van der Waals surface area contributed by atoms with Crippen LogP contribution in [0.3, 0.4) is 0 Å². The standard InChI is InChI=1S/C13H20NO.Y/c1-3-5-7-8-10-14-12(9-6-4-2)11-13(14)15;/h12H,1,3-6,9-11H2,2H3;/q-1;. The Morgan fingerprint density at radius 2 is 2.25 bits per heavy atom. The molecule has 1 amide bonds. The molecule has 0 spiro atoms. The fraction of sp³-hybridized carbons (Fsp3) is 0.692. The van der Waals surface area contributed by atoms with Crippen molar-refractivity contribution in [3.8, 4) is 11.8 Å². The molecule has 0 bridgehead atoms. The van der Waals surface area contributed by atoms with Crippen LogP contribution >= 0.6 is 0 Å². The van der Waals surface area contributed by atoms with Gasteiger partial charge in [-0.2, -0.15) is 6.42 Å². The van der Waals surface area contributed by atoms with Crippen molar-refractivity contribution >= 4 is 5.91 Å². The number of likely N-dealkylation sites (tertiary alicyclic amines) is 1. The summed E-state index contributed by atoms with van der Waals surface area (Å²) in [6, 6.07) is 0.464. The van der Waals surface area contributed by atoms with Crippen LogP contribution in [0.15, 0.2) is 0 Å². The molecule has 1 saturated heterocycles. The Bertz CT molecular complexity index is 267. The summed E-state index contributed by atoms with van der Waals surface area (Å²) in [7, 11) is 0. The number of hydrogen-bond acceptors (Lipinski definition) is 1. The molecule has 3 heteroatoms. The van der Waals surface area contributed by atoms with E-state index in [2.05, 4.69) is 25.7 Å². The van der Waals surface area contributed by atoms with Gasteiger partial charge in [0.25, 0.3) is 0 Å². The number of nitrogens with zero attached hydrogens (tertiary/aromatic N) is 1. The van der Waals surface area contributed by atoms with Gasteiger partial charge in [-0.05, 0) is 12.8 Å². The molecule has 0 aromatic rings. The molecule has 16 heavy (non-hydrogen) atoms. The van der Waals surface area contributed by atoms with Gasteiger partial charge in [-0.3, -0.25) is 4.79 Å². The van der Waals surface area contributed by atoms with E-state index < -0.39 is 0 Å². The first-order valence-electron chi connectivity index (χ1n) is 5.84. The number of carbonyl (C=O) groups is 1. The first-order valence-corrected chi connectivity index (χ1v) is 5.84. The van der Waals surface area contributed by atoms with E-state index in [1.54, 1.807) is 0 Å². The second-order valence-electron chi connectivity index (χ2n) is 3.98. The molecular formula is C13H20NOY-. The van der Waals surface area contributed by atoms with Gasteiger partial charge in [0, 0.05) is 45.2 Å². The summed E-state index contributed by atoms with van der Waals surface area (Å²) in [4.78, 5) is 13.2. The van der Waals surface area contributed by atoms with Gasteiger partial charge in [0.2, 0.25) is 5.91 Å². The molecule has 87 valence electrons. The zero-order chi connectivity index (χ0) is 11.1. The summed E-state index contributed by atoms with van der Waals surface area (Å²) < 4.78 is 0. The van der Waals surface area contributed by atoms with E-state index in [1.165, 1.54) is 12.8 Å². The third-order valence-electron chi connectivity index (χ3n) is 2.74. The summed E-state index contributed by atoms with van der Waals surface area (Å²) in [5.74, 6) is 6.33. The van der Waals surface area contributed by atoms with Gasteiger partial charge in [-0.1, -0.05) is 25.7 Å². The quantitative estimate of drug-likeness (QED) is 0.433. The largest absolute Gasteiger partial charge is 0.342 e. The van der Waals surface area contributed by atoms with Crippen LogP contribution in [0.5, 0.6) is 0 Å². The molecule has 1 unspecified atom stereocenters. The molecule has 0 N–H and O–H groups in total. The second-order valence-corrected chi connectivity index (χ2v) is 3.98. The van der Waals surface area contributed by atoms with E-state index >= 15 is 0 Å². The first kappa shape index (κ1) is 16.1. The van der Waals surface area contributed by atoms with Crippen LogP contribution in [0.1, 0.15) is 45.4 Å². The summed E-state index contributed by atoms with van der Waals surface area (Å²) in [6.45, 7) is 6.52.